The molecule has 7 nitrogen and oxygen atoms in total. The van der Waals surface area contributed by atoms with Gasteiger partial charge in [-0.1, -0.05) is 24.3 Å². The van der Waals surface area contributed by atoms with Crippen molar-refractivity contribution in [2.24, 2.45) is 5.73 Å². The molecule has 3 N–H and O–H groups in total. The normalized spacial score (nSPS) is 10.9. The van der Waals surface area contributed by atoms with E-state index in [0.29, 0.717) is 47.0 Å². The van der Waals surface area contributed by atoms with E-state index in [2.05, 4.69) is 9.97 Å². The molecule has 2 aromatic carbocycles. The highest BCUT2D eigenvalue weighted by Crippen LogP contribution is 2.35. The van der Waals surface area contributed by atoms with Crippen LogP contribution in [0.3, 0.4) is 0 Å². The van der Waals surface area contributed by atoms with Gasteiger partial charge in [0.2, 0.25) is 5.95 Å². The highest BCUT2D eigenvalue weighted by Gasteiger charge is 2.17. The number of nitrogens with two attached hydrogens (primary N) is 1. The molecule has 142 valence electrons. The molecule has 0 aliphatic rings. The number of benzene rings is 2. The van der Waals surface area contributed by atoms with E-state index in [0.717, 1.165) is 11.1 Å². The summed E-state index contributed by atoms with van der Waals surface area (Å²) in [7, 11) is 5.00. The number of ether oxygens (including phenoxy) is 2. The predicted octanol–water partition coefficient (Wildman–Crippen LogP) is 2.34. The number of methoxy groups -OCH3 is 2. The van der Waals surface area contributed by atoms with E-state index in [1.807, 2.05) is 43.1 Å². The van der Waals surface area contributed by atoms with Crippen LogP contribution >= 0.6 is 0 Å². The van der Waals surface area contributed by atoms with Crippen LogP contribution in [0.25, 0.3) is 10.9 Å². The molecule has 0 atom stereocenters. The summed E-state index contributed by atoms with van der Waals surface area (Å²) >= 11 is 0. The van der Waals surface area contributed by atoms with Crippen LogP contribution in [0.5, 0.6) is 11.5 Å². The lowest BCUT2D eigenvalue weighted by Crippen LogP contribution is -2.23. The fourth-order valence-corrected chi connectivity index (χ4v) is 3.23. The van der Waals surface area contributed by atoms with E-state index in [1.54, 1.807) is 20.3 Å². The number of rotatable bonds is 6. The number of hydrogen-bond donors (Lipinski definition) is 2. The Bertz CT molecular complexity index is 1030. The molecule has 27 heavy (non-hydrogen) atoms. The molecular weight excluding hydrogens is 344 g/mol. The smallest absolute Gasteiger partial charge is 0.282 e. The van der Waals surface area contributed by atoms with Crippen molar-refractivity contribution in [3.05, 3.63) is 57.4 Å². The molecule has 0 amide bonds. The van der Waals surface area contributed by atoms with Gasteiger partial charge in [0.15, 0.2) is 11.5 Å². The number of nitrogens with zero attached hydrogens (tertiary/aromatic N) is 2. The Hall–Kier alpha value is -3.06. The summed E-state index contributed by atoms with van der Waals surface area (Å²) in [5.41, 5.74) is 8.91. The van der Waals surface area contributed by atoms with Crippen LogP contribution in [-0.4, -0.2) is 31.2 Å². The topological polar surface area (TPSA) is 93.5 Å². The molecular formula is C20H24N4O3. The largest absolute Gasteiger partial charge is 0.493 e. The van der Waals surface area contributed by atoms with Gasteiger partial charge in [0, 0.05) is 31.8 Å². The predicted molar refractivity (Wildman–Crippen MR) is 107 cm³/mol. The monoisotopic (exact) mass is 368 g/mol. The summed E-state index contributed by atoms with van der Waals surface area (Å²) in [6.07, 6.45) is 0. The minimum absolute atomic E-state index is 0.306. The summed E-state index contributed by atoms with van der Waals surface area (Å²) in [6.45, 7) is 2.90. The molecule has 0 radical (unpaired) electrons. The van der Waals surface area contributed by atoms with Crippen molar-refractivity contribution >= 4 is 16.9 Å². The van der Waals surface area contributed by atoms with Crippen LogP contribution in [0, 0.1) is 6.92 Å². The number of hydrogen-bond acceptors (Lipinski definition) is 6. The fourth-order valence-electron chi connectivity index (χ4n) is 3.23. The molecule has 0 saturated heterocycles. The number of anilines is 1. The van der Waals surface area contributed by atoms with E-state index in [9.17, 15) is 4.79 Å². The molecule has 0 spiro atoms. The van der Waals surface area contributed by atoms with Gasteiger partial charge in [0.1, 0.15) is 0 Å². The molecule has 0 aliphatic heterocycles. The second-order valence-corrected chi connectivity index (χ2v) is 6.41. The Morgan fingerprint density at radius 3 is 2.59 bits per heavy atom. The zero-order chi connectivity index (χ0) is 19.6. The Morgan fingerprint density at radius 2 is 1.93 bits per heavy atom. The van der Waals surface area contributed by atoms with Crippen LogP contribution in [0.4, 0.5) is 5.95 Å². The highest BCUT2D eigenvalue weighted by molar-refractivity contribution is 5.86. The summed E-state index contributed by atoms with van der Waals surface area (Å²) in [5, 5.41) is 0.495. The molecule has 0 unspecified atom stereocenters. The standard InChI is InChI=1S/C20H24N4O3/c1-12-17-15(9-16(26-3)18(12)27-4)22-20(23-19(17)25)24(2)11-14-7-5-6-13(8-14)10-21/h5-9H,10-11,21H2,1-4H3,(H,22,23,25). The van der Waals surface area contributed by atoms with Crippen LogP contribution in [0.1, 0.15) is 16.7 Å². The molecule has 7 heteroatoms. The van der Waals surface area contributed by atoms with E-state index in [4.69, 9.17) is 15.2 Å². The molecule has 0 saturated carbocycles. The van der Waals surface area contributed by atoms with Crippen molar-refractivity contribution in [1.82, 2.24) is 9.97 Å². The first-order valence-electron chi connectivity index (χ1n) is 8.63. The van der Waals surface area contributed by atoms with Crippen molar-refractivity contribution in [3.63, 3.8) is 0 Å². The van der Waals surface area contributed by atoms with Gasteiger partial charge < -0.3 is 25.1 Å². The minimum atomic E-state index is -0.306. The number of aryl methyl sites for hydroxylation is 1. The first-order valence-corrected chi connectivity index (χ1v) is 8.63. The molecule has 0 bridgehead atoms. The maximum Gasteiger partial charge on any atom is 0.282 e. The van der Waals surface area contributed by atoms with Crippen molar-refractivity contribution in [2.75, 3.05) is 26.2 Å². The SMILES string of the molecule is COc1cc2[nH]c(N(C)Cc3cccc(CN)c3)nc(=O)c2c(C)c1OC. The summed E-state index contributed by atoms with van der Waals surface area (Å²) in [6, 6.07) is 9.79. The van der Waals surface area contributed by atoms with Gasteiger partial charge in [-0.3, -0.25) is 4.79 Å². The van der Waals surface area contributed by atoms with Crippen molar-refractivity contribution in [1.29, 1.82) is 0 Å². The molecule has 3 aromatic rings. The third kappa shape index (κ3) is 3.59. The van der Waals surface area contributed by atoms with Crippen LogP contribution < -0.4 is 25.7 Å². The quantitative estimate of drug-likeness (QED) is 0.694. The second kappa shape index (κ2) is 7.67. The Balaban J connectivity index is 2.03. The van der Waals surface area contributed by atoms with E-state index >= 15 is 0 Å². The number of H-pyrrole nitrogens is 1. The lowest BCUT2D eigenvalue weighted by molar-refractivity contribution is 0.354. The molecule has 1 heterocycles. The lowest BCUT2D eigenvalue weighted by Gasteiger charge is -2.19. The second-order valence-electron chi connectivity index (χ2n) is 6.41. The Morgan fingerprint density at radius 1 is 1.19 bits per heavy atom. The zero-order valence-electron chi connectivity index (χ0n) is 16.0. The number of aromatic nitrogens is 2. The first-order chi connectivity index (χ1) is 13.0. The fraction of sp³-hybridized carbons (Fsp3) is 0.300. The van der Waals surface area contributed by atoms with Crippen LogP contribution in [-0.2, 0) is 13.1 Å². The van der Waals surface area contributed by atoms with Crippen molar-refractivity contribution in [2.45, 2.75) is 20.0 Å². The molecule has 0 aliphatic carbocycles. The lowest BCUT2D eigenvalue weighted by atomic mass is 10.1. The summed E-state index contributed by atoms with van der Waals surface area (Å²) < 4.78 is 10.8. The minimum Gasteiger partial charge on any atom is -0.493 e. The van der Waals surface area contributed by atoms with Gasteiger partial charge in [-0.2, -0.15) is 4.98 Å². The molecule has 3 rings (SSSR count). The van der Waals surface area contributed by atoms with E-state index in [1.165, 1.54) is 0 Å². The van der Waals surface area contributed by atoms with Crippen molar-refractivity contribution < 1.29 is 9.47 Å². The maximum atomic E-state index is 12.7. The average Bonchev–Trinajstić information content (AvgIpc) is 2.67. The van der Waals surface area contributed by atoms with Gasteiger partial charge in [-0.05, 0) is 18.1 Å². The van der Waals surface area contributed by atoms with E-state index < -0.39 is 0 Å². The molecule has 1 aromatic heterocycles. The van der Waals surface area contributed by atoms with Crippen LogP contribution in [0.15, 0.2) is 35.1 Å². The zero-order valence-corrected chi connectivity index (χ0v) is 16.0. The number of fused-ring (bicyclic) bond motifs is 1. The Kier molecular flexibility index (Phi) is 5.32. The van der Waals surface area contributed by atoms with E-state index in [-0.39, 0.29) is 5.56 Å². The Labute approximate surface area is 157 Å². The number of nitrogens with one attached hydrogen (secondary N) is 1. The summed E-state index contributed by atoms with van der Waals surface area (Å²) in [5.74, 6) is 1.59. The number of aromatic amines is 1. The third-order valence-electron chi connectivity index (χ3n) is 4.58. The highest BCUT2D eigenvalue weighted by atomic mass is 16.5. The van der Waals surface area contributed by atoms with Gasteiger partial charge in [-0.15, -0.1) is 0 Å². The third-order valence-corrected chi connectivity index (χ3v) is 4.58. The molecule has 0 fully saturated rings. The van der Waals surface area contributed by atoms with Crippen molar-refractivity contribution in [3.8, 4) is 11.5 Å². The van der Waals surface area contributed by atoms with Gasteiger partial charge >= 0.3 is 0 Å². The first kappa shape index (κ1) is 18.7. The van der Waals surface area contributed by atoms with Crippen LogP contribution in [0.2, 0.25) is 0 Å². The van der Waals surface area contributed by atoms with Gasteiger partial charge in [0.05, 0.1) is 25.1 Å². The van der Waals surface area contributed by atoms with Gasteiger partial charge in [0.25, 0.3) is 5.56 Å². The average molecular weight is 368 g/mol. The van der Waals surface area contributed by atoms with Gasteiger partial charge in [-0.25, -0.2) is 0 Å². The summed E-state index contributed by atoms with van der Waals surface area (Å²) in [4.78, 5) is 22.0. The maximum absolute atomic E-state index is 12.7.